The van der Waals surface area contributed by atoms with E-state index in [1.165, 1.54) is 30.3 Å². The molecule has 1 aliphatic heterocycles. The molecule has 5 N–H and O–H groups in total. The van der Waals surface area contributed by atoms with Gasteiger partial charge in [0.05, 0.1) is 49.1 Å². The number of rotatable bonds is 13. The molecule has 0 saturated heterocycles. The highest BCUT2D eigenvalue weighted by Gasteiger charge is 2.53. The van der Waals surface area contributed by atoms with Gasteiger partial charge in [-0.05, 0) is 49.1 Å². The molecule has 1 fully saturated rings. The van der Waals surface area contributed by atoms with Crippen molar-refractivity contribution in [3.63, 3.8) is 0 Å². The van der Waals surface area contributed by atoms with E-state index in [4.69, 9.17) is 9.84 Å². The Bertz CT molecular complexity index is 1530. The zero-order valence-corrected chi connectivity index (χ0v) is 23.8. The monoisotopic (exact) mass is 620 g/mol. The Kier molecular flexibility index (Phi) is 8.40. The Morgan fingerprint density at radius 2 is 1.79 bits per heavy atom. The predicted octanol–water partition coefficient (Wildman–Crippen LogP) is 4.64. The fraction of sp³-hybridized carbons (Fsp3) is 0.500. The van der Waals surface area contributed by atoms with Crippen LogP contribution in [0.2, 0.25) is 0 Å². The summed E-state index contributed by atoms with van der Waals surface area (Å²) < 4.78 is 58.7. The first-order valence-corrected chi connectivity index (χ1v) is 14.0. The molecule has 2 aliphatic rings. The molecular weight excluding hydrogens is 573 g/mol. The van der Waals surface area contributed by atoms with Gasteiger partial charge in [-0.3, -0.25) is 4.79 Å². The van der Waals surface area contributed by atoms with E-state index in [1.54, 1.807) is 4.57 Å². The van der Waals surface area contributed by atoms with Gasteiger partial charge in [0.2, 0.25) is 5.91 Å². The quantitative estimate of drug-likeness (QED) is 0.174. The minimum Gasteiger partial charge on any atom is -0.395 e. The van der Waals surface area contributed by atoms with E-state index >= 15 is 4.39 Å². The molecule has 1 aliphatic carbocycles. The van der Waals surface area contributed by atoms with E-state index in [0.717, 1.165) is 5.69 Å². The highest BCUT2D eigenvalue weighted by molar-refractivity contribution is 6.03. The molecule has 2 heterocycles. The summed E-state index contributed by atoms with van der Waals surface area (Å²) in [6, 6.07) is 8.75. The van der Waals surface area contributed by atoms with Crippen LogP contribution in [0.3, 0.4) is 0 Å². The van der Waals surface area contributed by atoms with E-state index in [1.807, 2.05) is 19.9 Å². The number of ether oxygens (including phenoxy) is 3. The summed E-state index contributed by atoms with van der Waals surface area (Å²) in [6.07, 6.45) is -4.54. The third kappa shape index (κ3) is 6.31. The fourth-order valence-electron chi connectivity index (χ4n) is 5.39. The molecule has 1 aromatic heterocycles. The first kappa shape index (κ1) is 31.1. The highest BCUT2D eigenvalue weighted by Crippen LogP contribution is 2.52. The maximum absolute atomic E-state index is 15.5. The summed E-state index contributed by atoms with van der Waals surface area (Å²) in [5.74, 6) is -1.52. The van der Waals surface area contributed by atoms with Gasteiger partial charge in [0.15, 0.2) is 11.5 Å². The summed E-state index contributed by atoms with van der Waals surface area (Å²) in [5, 5.41) is 41.5. The van der Waals surface area contributed by atoms with Gasteiger partial charge in [-0.2, -0.15) is 0 Å². The van der Waals surface area contributed by atoms with Gasteiger partial charge >= 0.3 is 6.29 Å². The molecule has 1 saturated carbocycles. The van der Waals surface area contributed by atoms with E-state index in [0.29, 0.717) is 35.7 Å². The minimum absolute atomic E-state index is 0. The average molecular weight is 621 g/mol. The Balaban J connectivity index is 0. The number of nitrogens with zero attached hydrogens (tertiary/aromatic N) is 1. The number of fused-ring (bicyclic) bond motifs is 2. The van der Waals surface area contributed by atoms with Crippen LogP contribution in [0.1, 0.15) is 52.9 Å². The third-order valence-corrected chi connectivity index (χ3v) is 8.07. The zero-order chi connectivity index (χ0) is 31.2. The number of nitrogens with one attached hydrogen (secondary N) is 1. The molecule has 246 valence electrons. The number of halogens is 3. The molecule has 2 aromatic carbocycles. The van der Waals surface area contributed by atoms with Crippen molar-refractivity contribution in [3.8, 4) is 11.5 Å². The van der Waals surface area contributed by atoms with E-state index < -0.39 is 54.3 Å². The van der Waals surface area contributed by atoms with Crippen molar-refractivity contribution in [2.24, 2.45) is 0 Å². The lowest BCUT2D eigenvalue weighted by Gasteiger charge is -2.28. The van der Waals surface area contributed by atoms with Crippen LogP contribution in [0.25, 0.3) is 10.9 Å². The molecule has 13 heteroatoms. The number of aliphatic hydroxyl groups excluding tert-OH is 4. The standard InChI is InChI=1S/C30H35F3N2O8.6H2/c1-28(2,7-8-41-16-20(39)15-37)26-10-17-9-22(21(31)12-23(17)35(26)13-19(38)14-36)34-27(40)29(5-6-29)18-3-4-24-25(11-18)43-30(32,33)42-24;;;;;;/h3-4,9-12,19-20,36-39H,5-8,13-16H2,1-2H3,(H,34,40);6*1H/t19-,20+;;;;;;/m1....../s1. The van der Waals surface area contributed by atoms with Crippen LogP contribution in [0.4, 0.5) is 18.9 Å². The smallest absolute Gasteiger partial charge is 0.395 e. The second-order valence-electron chi connectivity index (χ2n) is 11.8. The lowest BCUT2D eigenvalue weighted by Crippen LogP contribution is -2.29. The number of benzene rings is 2. The SMILES string of the molecule is CC(C)(CCOC[C@@H](O)CO)c1cc2cc(NC(=O)C3(c4ccc5c(c4)OC(F)(F)O5)CC3)c(F)cc2n1C[C@@H](O)CO.[HH].[HH].[HH].[HH].[HH].[HH]. The normalized spacial score (nSPS) is 18.1. The van der Waals surface area contributed by atoms with Gasteiger partial charge in [0.1, 0.15) is 11.9 Å². The van der Waals surface area contributed by atoms with E-state index in [2.05, 4.69) is 14.8 Å². The number of carbonyl (C=O) groups is 1. The molecule has 3 aromatic rings. The van der Waals surface area contributed by atoms with Crippen molar-refractivity contribution in [1.82, 2.24) is 4.57 Å². The first-order chi connectivity index (χ1) is 20.3. The van der Waals surface area contributed by atoms with Gasteiger partial charge < -0.3 is 44.5 Å². The van der Waals surface area contributed by atoms with Crippen LogP contribution in [-0.2, 0) is 26.9 Å². The first-order valence-electron chi connectivity index (χ1n) is 14.0. The molecular formula is C30H47F3N2O8. The third-order valence-electron chi connectivity index (χ3n) is 8.07. The Morgan fingerprint density at radius 3 is 2.47 bits per heavy atom. The summed E-state index contributed by atoms with van der Waals surface area (Å²) in [6.45, 7) is 3.16. The highest BCUT2D eigenvalue weighted by atomic mass is 19.3. The van der Waals surface area contributed by atoms with Gasteiger partial charge in [-0.1, -0.05) is 19.9 Å². The number of hydrogen-bond acceptors (Lipinski definition) is 8. The van der Waals surface area contributed by atoms with Crippen molar-refractivity contribution in [2.75, 3.05) is 31.7 Å². The molecule has 2 atom stereocenters. The molecule has 0 unspecified atom stereocenters. The number of anilines is 1. The zero-order valence-electron chi connectivity index (χ0n) is 23.8. The van der Waals surface area contributed by atoms with Crippen LogP contribution < -0.4 is 14.8 Å². The van der Waals surface area contributed by atoms with Crippen LogP contribution >= 0.6 is 0 Å². The predicted molar refractivity (Wildman–Crippen MR) is 161 cm³/mol. The van der Waals surface area contributed by atoms with Crippen LogP contribution in [0.15, 0.2) is 36.4 Å². The maximum Gasteiger partial charge on any atom is 0.586 e. The van der Waals surface area contributed by atoms with Crippen LogP contribution in [0.5, 0.6) is 11.5 Å². The molecule has 0 radical (unpaired) electrons. The molecule has 43 heavy (non-hydrogen) atoms. The number of hydrogen-bond donors (Lipinski definition) is 5. The molecule has 0 bridgehead atoms. The lowest BCUT2D eigenvalue weighted by molar-refractivity contribution is -0.286. The van der Waals surface area contributed by atoms with Crippen LogP contribution in [0, 0.1) is 5.82 Å². The summed E-state index contributed by atoms with van der Waals surface area (Å²) in [4.78, 5) is 13.4. The van der Waals surface area contributed by atoms with Gasteiger partial charge in [0, 0.05) is 37.7 Å². The van der Waals surface area contributed by atoms with Gasteiger partial charge in [0.25, 0.3) is 0 Å². The molecule has 0 spiro atoms. The fourth-order valence-corrected chi connectivity index (χ4v) is 5.39. The number of alkyl halides is 2. The lowest BCUT2D eigenvalue weighted by atomic mass is 9.85. The second-order valence-corrected chi connectivity index (χ2v) is 11.8. The topological polar surface area (TPSA) is 143 Å². The second kappa shape index (κ2) is 11.6. The van der Waals surface area contributed by atoms with E-state index in [-0.39, 0.29) is 45.5 Å². The molecule has 5 rings (SSSR count). The number of amides is 1. The van der Waals surface area contributed by atoms with Gasteiger partial charge in [-0.25, -0.2) is 4.39 Å². The Morgan fingerprint density at radius 1 is 1.09 bits per heavy atom. The average Bonchev–Trinajstić information content (AvgIpc) is 3.61. The summed E-state index contributed by atoms with van der Waals surface area (Å²) in [7, 11) is 0. The summed E-state index contributed by atoms with van der Waals surface area (Å²) >= 11 is 0. The number of aromatic nitrogens is 1. The minimum atomic E-state index is -3.79. The van der Waals surface area contributed by atoms with Crippen molar-refractivity contribution in [2.45, 2.75) is 69.0 Å². The van der Waals surface area contributed by atoms with Crippen molar-refractivity contribution >= 4 is 22.5 Å². The molecule has 10 nitrogen and oxygen atoms in total. The van der Waals surface area contributed by atoms with Crippen molar-refractivity contribution in [3.05, 3.63) is 53.5 Å². The maximum atomic E-state index is 15.5. The van der Waals surface area contributed by atoms with Gasteiger partial charge in [-0.15, -0.1) is 8.78 Å². The number of carbonyl (C=O) groups excluding carboxylic acids is 1. The Labute approximate surface area is 254 Å². The Hall–Kier alpha value is -3.36. The van der Waals surface area contributed by atoms with E-state index in [9.17, 15) is 28.9 Å². The van der Waals surface area contributed by atoms with Crippen molar-refractivity contribution in [1.29, 1.82) is 0 Å². The van der Waals surface area contributed by atoms with Crippen LogP contribution in [-0.4, -0.2) is 75.8 Å². The molecule has 1 amide bonds. The van der Waals surface area contributed by atoms with Crippen molar-refractivity contribution < 1.29 is 61.2 Å². The summed E-state index contributed by atoms with van der Waals surface area (Å²) in [5.41, 5.74) is -0.0477. The number of aliphatic hydroxyl groups is 4. The largest absolute Gasteiger partial charge is 0.586 e.